The first-order chi connectivity index (χ1) is 13.7. The largest absolute Gasteiger partial charge is 0.486 e. The van der Waals surface area contributed by atoms with Gasteiger partial charge in [0.05, 0.1) is 6.04 Å². The lowest BCUT2D eigenvalue weighted by atomic mass is 10.0. The molecule has 144 valence electrons. The summed E-state index contributed by atoms with van der Waals surface area (Å²) in [5, 5.41) is 5.85. The number of nitrogens with one attached hydrogen (secondary N) is 1. The fourth-order valence-corrected chi connectivity index (χ4v) is 4.09. The second kappa shape index (κ2) is 8.67. The summed E-state index contributed by atoms with van der Waals surface area (Å²) in [4.78, 5) is 13.8. The maximum Gasteiger partial charge on any atom is 0.221 e. The van der Waals surface area contributed by atoms with E-state index >= 15 is 0 Å². The van der Waals surface area contributed by atoms with Crippen LogP contribution in [0.4, 0.5) is 0 Å². The topological polar surface area (TPSA) is 47.6 Å². The molecule has 0 spiro atoms. The maximum absolute atomic E-state index is 12.7. The van der Waals surface area contributed by atoms with Gasteiger partial charge < -0.3 is 14.8 Å². The summed E-state index contributed by atoms with van der Waals surface area (Å²) in [6.07, 6.45) is 1.04. The minimum atomic E-state index is -0.176. The summed E-state index contributed by atoms with van der Waals surface area (Å²) in [6.45, 7) is 1.13. The normalized spacial score (nSPS) is 13.8. The van der Waals surface area contributed by atoms with Gasteiger partial charge >= 0.3 is 0 Å². The summed E-state index contributed by atoms with van der Waals surface area (Å²) in [5.74, 6) is 1.52. The number of hydrogen-bond donors (Lipinski definition) is 1. The Morgan fingerprint density at radius 2 is 1.86 bits per heavy atom. The molecule has 4 rings (SSSR count). The zero-order valence-corrected chi connectivity index (χ0v) is 16.8. The Balaban J connectivity index is 1.42. The van der Waals surface area contributed by atoms with Gasteiger partial charge in [0, 0.05) is 16.3 Å². The van der Waals surface area contributed by atoms with Gasteiger partial charge in [0.15, 0.2) is 11.5 Å². The van der Waals surface area contributed by atoms with Crippen LogP contribution >= 0.6 is 22.9 Å². The molecule has 1 aliphatic rings. The number of thiophene rings is 1. The van der Waals surface area contributed by atoms with Gasteiger partial charge in [0.1, 0.15) is 13.2 Å². The third-order valence-electron chi connectivity index (χ3n) is 4.58. The molecule has 3 aromatic rings. The van der Waals surface area contributed by atoms with Crippen LogP contribution in [-0.4, -0.2) is 19.1 Å². The average molecular weight is 414 g/mol. The Hall–Kier alpha value is -2.50. The van der Waals surface area contributed by atoms with Crippen LogP contribution in [0, 0.1) is 0 Å². The molecule has 0 fully saturated rings. The Morgan fingerprint density at radius 1 is 1.07 bits per heavy atom. The van der Waals surface area contributed by atoms with Gasteiger partial charge in [0.25, 0.3) is 0 Å². The highest BCUT2D eigenvalue weighted by atomic mass is 35.5. The predicted molar refractivity (Wildman–Crippen MR) is 112 cm³/mol. The molecule has 6 heteroatoms. The van der Waals surface area contributed by atoms with Crippen LogP contribution in [0.25, 0.3) is 0 Å². The molecule has 28 heavy (non-hydrogen) atoms. The highest BCUT2D eigenvalue weighted by Crippen LogP contribution is 2.31. The van der Waals surface area contributed by atoms with Gasteiger partial charge in [-0.3, -0.25) is 4.79 Å². The van der Waals surface area contributed by atoms with Crippen LogP contribution in [-0.2, 0) is 11.2 Å². The highest BCUT2D eigenvalue weighted by Gasteiger charge is 2.18. The van der Waals surface area contributed by atoms with Crippen molar-refractivity contribution in [3.05, 3.63) is 81.0 Å². The van der Waals surface area contributed by atoms with Gasteiger partial charge in [-0.05, 0) is 53.3 Å². The van der Waals surface area contributed by atoms with E-state index in [2.05, 4.69) is 5.32 Å². The number of fused-ring (bicyclic) bond motifs is 1. The van der Waals surface area contributed by atoms with Crippen LogP contribution in [0.1, 0.15) is 28.5 Å². The van der Waals surface area contributed by atoms with Gasteiger partial charge in [-0.1, -0.05) is 35.9 Å². The van der Waals surface area contributed by atoms with Crippen LogP contribution < -0.4 is 14.8 Å². The molecule has 1 N–H and O–H groups in total. The third kappa shape index (κ3) is 4.49. The van der Waals surface area contributed by atoms with Crippen molar-refractivity contribution in [1.82, 2.24) is 5.32 Å². The molecule has 0 saturated carbocycles. The molecule has 4 nitrogen and oxygen atoms in total. The molecular formula is C22H20ClNO3S. The van der Waals surface area contributed by atoms with Crippen LogP contribution in [0.15, 0.2) is 60.0 Å². The molecule has 0 radical (unpaired) electrons. The Morgan fingerprint density at radius 3 is 2.61 bits per heavy atom. The molecule has 1 aliphatic heterocycles. The van der Waals surface area contributed by atoms with E-state index in [1.807, 2.05) is 60.0 Å². The minimum absolute atomic E-state index is 0.00300. The number of halogens is 1. The van der Waals surface area contributed by atoms with Gasteiger partial charge in [-0.2, -0.15) is 0 Å². The number of benzene rings is 2. The molecule has 1 atom stereocenters. The smallest absolute Gasteiger partial charge is 0.221 e. The van der Waals surface area contributed by atoms with E-state index < -0.39 is 0 Å². The Labute approximate surface area is 173 Å². The molecule has 0 saturated heterocycles. The van der Waals surface area contributed by atoms with Crippen molar-refractivity contribution in [2.45, 2.75) is 18.9 Å². The summed E-state index contributed by atoms with van der Waals surface area (Å²) in [7, 11) is 0. The second-order valence-electron chi connectivity index (χ2n) is 6.55. The van der Waals surface area contributed by atoms with E-state index in [1.54, 1.807) is 11.3 Å². The molecule has 2 heterocycles. The van der Waals surface area contributed by atoms with Gasteiger partial charge in [-0.25, -0.2) is 0 Å². The molecule has 2 aromatic carbocycles. The van der Waals surface area contributed by atoms with E-state index in [1.165, 1.54) is 0 Å². The monoisotopic (exact) mass is 413 g/mol. The summed E-state index contributed by atoms with van der Waals surface area (Å²) >= 11 is 7.63. The standard InChI is InChI=1S/C22H20ClNO3S/c23-17-7-5-16(6-8-17)22(20-2-1-13-28-20)24-21(25)10-4-15-3-9-18-19(14-15)27-12-11-26-18/h1-3,5-9,13-14,22H,4,10-12H2,(H,24,25). The Bertz CT molecular complexity index is 941. The SMILES string of the molecule is O=C(CCc1ccc2c(c1)OCCO2)NC(c1ccc(Cl)cc1)c1cccs1. The predicted octanol–water partition coefficient (Wildman–Crippen LogP) is 5.01. The highest BCUT2D eigenvalue weighted by molar-refractivity contribution is 7.10. The quantitative estimate of drug-likeness (QED) is 0.617. The van der Waals surface area contributed by atoms with Gasteiger partial charge in [-0.15, -0.1) is 11.3 Å². The number of aryl methyl sites for hydroxylation is 1. The van der Waals surface area contributed by atoms with Crippen molar-refractivity contribution < 1.29 is 14.3 Å². The first-order valence-corrected chi connectivity index (χ1v) is 10.4. The van der Waals surface area contributed by atoms with Crippen molar-refractivity contribution in [3.8, 4) is 11.5 Å². The molecule has 1 unspecified atom stereocenters. The minimum Gasteiger partial charge on any atom is -0.486 e. The third-order valence-corrected chi connectivity index (χ3v) is 5.77. The van der Waals surface area contributed by atoms with E-state index in [9.17, 15) is 4.79 Å². The number of carbonyl (C=O) groups excluding carboxylic acids is 1. The van der Waals surface area contributed by atoms with Crippen molar-refractivity contribution >= 4 is 28.8 Å². The van der Waals surface area contributed by atoms with Gasteiger partial charge in [0.2, 0.25) is 5.91 Å². The fraction of sp³-hybridized carbons (Fsp3) is 0.227. The number of ether oxygens (including phenoxy) is 2. The second-order valence-corrected chi connectivity index (χ2v) is 7.96. The van der Waals surface area contributed by atoms with Crippen molar-refractivity contribution in [2.24, 2.45) is 0 Å². The first kappa shape index (κ1) is 18.8. The molecule has 0 aliphatic carbocycles. The van der Waals surface area contributed by atoms with E-state index in [-0.39, 0.29) is 11.9 Å². The maximum atomic E-state index is 12.7. The number of amides is 1. The fourth-order valence-electron chi connectivity index (χ4n) is 3.16. The first-order valence-electron chi connectivity index (χ1n) is 9.16. The Kier molecular flexibility index (Phi) is 5.84. The molecule has 1 amide bonds. The number of hydrogen-bond acceptors (Lipinski definition) is 4. The lowest BCUT2D eigenvalue weighted by Crippen LogP contribution is -2.29. The van der Waals surface area contributed by atoms with Crippen LogP contribution in [0.5, 0.6) is 11.5 Å². The lowest BCUT2D eigenvalue weighted by Gasteiger charge is -2.19. The summed E-state index contributed by atoms with van der Waals surface area (Å²) in [5.41, 5.74) is 2.07. The zero-order valence-electron chi connectivity index (χ0n) is 15.2. The van der Waals surface area contributed by atoms with Crippen molar-refractivity contribution in [2.75, 3.05) is 13.2 Å². The lowest BCUT2D eigenvalue weighted by molar-refractivity contribution is -0.121. The van der Waals surface area contributed by atoms with E-state index in [0.717, 1.165) is 27.5 Å². The van der Waals surface area contributed by atoms with Crippen LogP contribution in [0.3, 0.4) is 0 Å². The molecule has 1 aromatic heterocycles. The molecular weight excluding hydrogens is 394 g/mol. The van der Waals surface area contributed by atoms with Crippen LogP contribution in [0.2, 0.25) is 5.02 Å². The van der Waals surface area contributed by atoms with Crippen molar-refractivity contribution in [3.63, 3.8) is 0 Å². The number of carbonyl (C=O) groups is 1. The zero-order chi connectivity index (χ0) is 19.3. The number of rotatable bonds is 6. The summed E-state index contributed by atoms with van der Waals surface area (Å²) in [6, 6.07) is 17.3. The molecule has 0 bridgehead atoms. The average Bonchev–Trinajstić information content (AvgIpc) is 3.26. The van der Waals surface area contributed by atoms with Crippen molar-refractivity contribution in [1.29, 1.82) is 0 Å². The summed E-state index contributed by atoms with van der Waals surface area (Å²) < 4.78 is 11.2. The van der Waals surface area contributed by atoms with E-state index in [4.69, 9.17) is 21.1 Å². The van der Waals surface area contributed by atoms with E-state index in [0.29, 0.717) is 31.1 Å².